The minimum atomic E-state index is 0.547. The third kappa shape index (κ3) is 3.78. The van der Waals surface area contributed by atoms with Crippen molar-refractivity contribution in [3.63, 3.8) is 0 Å². The van der Waals surface area contributed by atoms with Crippen molar-refractivity contribution in [1.29, 1.82) is 0 Å². The van der Waals surface area contributed by atoms with E-state index in [0.29, 0.717) is 11.3 Å². The molecule has 0 bridgehead atoms. The molecule has 1 rings (SSSR count). The Bertz CT molecular complexity index is 224. The largest absolute Gasteiger partial charge is 0.317 e. The second-order valence-electron chi connectivity index (χ2n) is 3.14. The van der Waals surface area contributed by atoms with Crippen LogP contribution in [0.2, 0.25) is 0 Å². The molecule has 0 fully saturated rings. The topological polar surface area (TPSA) is 53.6 Å². The Hall–Kier alpha value is -0.550. The second-order valence-corrected chi connectivity index (χ2v) is 4.57. The number of nitrogens with zero attached hydrogens (tertiary/aromatic N) is 2. The molecule has 1 heterocycles. The van der Waals surface area contributed by atoms with Crippen LogP contribution in [0, 0.1) is 0 Å². The van der Waals surface area contributed by atoms with Crippen LogP contribution in [0.1, 0.15) is 20.3 Å². The van der Waals surface area contributed by atoms with Gasteiger partial charge in [0.1, 0.15) is 6.33 Å². The molecule has 4 nitrogen and oxygen atoms in total. The Morgan fingerprint density at radius 1 is 1.62 bits per heavy atom. The first kappa shape index (κ1) is 10.5. The van der Waals surface area contributed by atoms with Crippen LogP contribution in [0.4, 0.5) is 0 Å². The molecule has 0 aliphatic carbocycles. The first-order valence-electron chi connectivity index (χ1n) is 4.41. The van der Waals surface area contributed by atoms with E-state index in [4.69, 9.17) is 0 Å². The van der Waals surface area contributed by atoms with Crippen molar-refractivity contribution >= 4 is 11.8 Å². The summed E-state index contributed by atoms with van der Waals surface area (Å²) in [6, 6.07) is 0.547. The van der Waals surface area contributed by atoms with Crippen molar-refractivity contribution in [1.82, 2.24) is 20.5 Å². The molecule has 0 saturated heterocycles. The lowest BCUT2D eigenvalue weighted by atomic mass is 10.2. The maximum absolute atomic E-state index is 4.07. The summed E-state index contributed by atoms with van der Waals surface area (Å²) in [7, 11) is 1.98. The Balaban J connectivity index is 2.29. The molecule has 0 saturated carbocycles. The zero-order valence-electron chi connectivity index (χ0n) is 8.24. The van der Waals surface area contributed by atoms with E-state index in [1.54, 1.807) is 11.8 Å². The molecule has 2 atom stereocenters. The molecular weight excluding hydrogens is 184 g/mol. The first-order valence-corrected chi connectivity index (χ1v) is 5.29. The smallest absolute Gasteiger partial charge is 0.183 e. The molecule has 0 aliphatic heterocycles. The molecule has 0 spiro atoms. The zero-order chi connectivity index (χ0) is 9.68. The van der Waals surface area contributed by atoms with E-state index in [-0.39, 0.29) is 0 Å². The quantitative estimate of drug-likeness (QED) is 0.703. The molecule has 0 amide bonds. The van der Waals surface area contributed by atoms with Crippen molar-refractivity contribution < 1.29 is 0 Å². The van der Waals surface area contributed by atoms with Gasteiger partial charge >= 0.3 is 0 Å². The van der Waals surface area contributed by atoms with Gasteiger partial charge in [-0.1, -0.05) is 18.7 Å². The summed E-state index contributed by atoms with van der Waals surface area (Å²) < 4.78 is 0. The van der Waals surface area contributed by atoms with Crippen LogP contribution in [0.25, 0.3) is 0 Å². The van der Waals surface area contributed by atoms with Gasteiger partial charge in [0, 0.05) is 11.3 Å². The molecule has 2 unspecified atom stereocenters. The third-order valence-corrected chi connectivity index (χ3v) is 2.90. The van der Waals surface area contributed by atoms with Crippen LogP contribution < -0.4 is 5.32 Å². The van der Waals surface area contributed by atoms with Crippen molar-refractivity contribution in [3.8, 4) is 0 Å². The van der Waals surface area contributed by atoms with Gasteiger partial charge in [0.25, 0.3) is 0 Å². The van der Waals surface area contributed by atoms with Crippen molar-refractivity contribution in [2.75, 3.05) is 7.05 Å². The first-order chi connectivity index (χ1) is 6.22. The molecule has 1 aromatic rings. The molecule has 0 aromatic carbocycles. The van der Waals surface area contributed by atoms with Gasteiger partial charge in [-0.25, -0.2) is 4.98 Å². The van der Waals surface area contributed by atoms with E-state index in [1.165, 1.54) is 6.33 Å². The average Bonchev–Trinajstić information content (AvgIpc) is 2.56. The highest BCUT2D eigenvalue weighted by Crippen LogP contribution is 2.21. The van der Waals surface area contributed by atoms with Crippen LogP contribution >= 0.6 is 11.8 Å². The number of aromatic amines is 1. The van der Waals surface area contributed by atoms with Gasteiger partial charge in [0.05, 0.1) is 0 Å². The molecule has 0 aliphatic rings. The normalized spacial score (nSPS) is 15.6. The molecular formula is C8H16N4S. The van der Waals surface area contributed by atoms with Crippen molar-refractivity contribution in [3.05, 3.63) is 6.33 Å². The van der Waals surface area contributed by atoms with Gasteiger partial charge in [-0.3, -0.25) is 5.10 Å². The van der Waals surface area contributed by atoms with Crippen LogP contribution in [-0.4, -0.2) is 33.5 Å². The second kappa shape index (κ2) is 5.24. The maximum atomic E-state index is 4.07. The molecule has 1 aromatic heterocycles. The number of aromatic nitrogens is 3. The number of nitrogens with one attached hydrogen (secondary N) is 2. The predicted molar refractivity (Wildman–Crippen MR) is 54.8 cm³/mol. The fourth-order valence-electron chi connectivity index (χ4n) is 1.11. The van der Waals surface area contributed by atoms with Gasteiger partial charge in [-0.2, -0.15) is 5.10 Å². The number of hydrogen-bond acceptors (Lipinski definition) is 4. The number of rotatable bonds is 5. The SMILES string of the molecule is CNC(C)CC(C)Sc1ncn[nH]1. The van der Waals surface area contributed by atoms with Gasteiger partial charge in [-0.15, -0.1) is 0 Å². The Morgan fingerprint density at radius 3 is 2.92 bits per heavy atom. The number of hydrogen-bond donors (Lipinski definition) is 2. The summed E-state index contributed by atoms with van der Waals surface area (Å²) in [5.74, 6) is 0. The summed E-state index contributed by atoms with van der Waals surface area (Å²) in [5.41, 5.74) is 0. The lowest BCUT2D eigenvalue weighted by Gasteiger charge is -2.14. The highest BCUT2D eigenvalue weighted by atomic mass is 32.2. The maximum Gasteiger partial charge on any atom is 0.183 e. The molecule has 13 heavy (non-hydrogen) atoms. The number of H-pyrrole nitrogens is 1. The fraction of sp³-hybridized carbons (Fsp3) is 0.750. The van der Waals surface area contributed by atoms with Crippen LogP contribution in [0.15, 0.2) is 11.5 Å². The van der Waals surface area contributed by atoms with E-state index < -0.39 is 0 Å². The van der Waals surface area contributed by atoms with Gasteiger partial charge in [0.2, 0.25) is 0 Å². The van der Waals surface area contributed by atoms with Crippen LogP contribution in [0.5, 0.6) is 0 Å². The minimum absolute atomic E-state index is 0.547. The molecule has 74 valence electrons. The summed E-state index contributed by atoms with van der Waals surface area (Å²) in [6.45, 7) is 4.37. The highest BCUT2D eigenvalue weighted by Gasteiger charge is 2.09. The standard InChI is InChI=1S/C8H16N4S/c1-6(9-3)4-7(2)13-8-10-5-11-12-8/h5-7,9H,4H2,1-3H3,(H,10,11,12). The zero-order valence-corrected chi connectivity index (χ0v) is 9.06. The summed E-state index contributed by atoms with van der Waals surface area (Å²) in [5, 5.41) is 11.3. The minimum Gasteiger partial charge on any atom is -0.317 e. The molecule has 0 radical (unpaired) electrons. The van der Waals surface area contributed by atoms with E-state index in [1.807, 2.05) is 7.05 Å². The van der Waals surface area contributed by atoms with Gasteiger partial charge in [-0.05, 0) is 20.4 Å². The fourth-order valence-corrected chi connectivity index (χ4v) is 2.08. The van der Waals surface area contributed by atoms with E-state index in [0.717, 1.165) is 11.6 Å². The van der Waals surface area contributed by atoms with Crippen molar-refractivity contribution in [2.24, 2.45) is 0 Å². The summed E-state index contributed by atoms with van der Waals surface area (Å²) >= 11 is 1.72. The van der Waals surface area contributed by atoms with E-state index in [9.17, 15) is 0 Å². The molecule has 2 N–H and O–H groups in total. The number of thioether (sulfide) groups is 1. The monoisotopic (exact) mass is 200 g/mol. The van der Waals surface area contributed by atoms with Crippen LogP contribution in [0.3, 0.4) is 0 Å². The van der Waals surface area contributed by atoms with Gasteiger partial charge in [0.15, 0.2) is 5.16 Å². The average molecular weight is 200 g/mol. The summed E-state index contributed by atoms with van der Waals surface area (Å²) in [4.78, 5) is 4.07. The summed E-state index contributed by atoms with van der Waals surface area (Å²) in [6.07, 6.45) is 2.67. The Kier molecular flexibility index (Phi) is 4.24. The predicted octanol–water partition coefficient (Wildman–Crippen LogP) is 1.28. The lowest BCUT2D eigenvalue weighted by Crippen LogP contribution is -2.24. The third-order valence-electron chi connectivity index (χ3n) is 1.88. The highest BCUT2D eigenvalue weighted by molar-refractivity contribution is 7.99. The van der Waals surface area contributed by atoms with E-state index in [2.05, 4.69) is 34.3 Å². The lowest BCUT2D eigenvalue weighted by molar-refractivity contribution is 0.563. The van der Waals surface area contributed by atoms with Crippen molar-refractivity contribution in [2.45, 2.75) is 36.7 Å². The Morgan fingerprint density at radius 2 is 2.38 bits per heavy atom. The molecule has 5 heteroatoms. The van der Waals surface area contributed by atoms with E-state index >= 15 is 0 Å². The Labute approximate surface area is 82.9 Å². The van der Waals surface area contributed by atoms with Crippen LogP contribution in [-0.2, 0) is 0 Å². The van der Waals surface area contributed by atoms with Gasteiger partial charge < -0.3 is 5.32 Å².